The highest BCUT2D eigenvalue weighted by Gasteiger charge is 2.13. The van der Waals surface area contributed by atoms with E-state index in [-0.39, 0.29) is 12.2 Å². The van der Waals surface area contributed by atoms with Gasteiger partial charge in [0, 0.05) is 25.0 Å². The zero-order valence-corrected chi connectivity index (χ0v) is 13.1. The third-order valence-corrected chi connectivity index (χ3v) is 3.33. The molecule has 0 heterocycles. The van der Waals surface area contributed by atoms with Crippen LogP contribution in [0.3, 0.4) is 0 Å². The number of hydrogen-bond donors (Lipinski definition) is 3. The van der Waals surface area contributed by atoms with Crippen molar-refractivity contribution in [3.05, 3.63) is 41.1 Å². The standard InChI is InChI=1S/C17H23N3O2/c1-3-13-7-5-8-14(4-2)16(13)20-17(22)15(11-18)12-19-9-6-10-21/h5,7-8,12,19,21H,3-4,6,9-10H2,1-2H3,(H,20,22)/b15-12-. The Morgan fingerprint density at radius 1 is 1.32 bits per heavy atom. The largest absolute Gasteiger partial charge is 0.396 e. The van der Waals surface area contributed by atoms with Crippen molar-refractivity contribution in [1.29, 1.82) is 5.26 Å². The number of aliphatic hydroxyl groups excluding tert-OH is 1. The second kappa shape index (κ2) is 9.59. The van der Waals surface area contributed by atoms with Crippen molar-refractivity contribution < 1.29 is 9.90 Å². The highest BCUT2D eigenvalue weighted by Crippen LogP contribution is 2.23. The number of anilines is 1. The molecule has 5 heteroatoms. The first-order valence-corrected chi connectivity index (χ1v) is 7.54. The first-order valence-electron chi connectivity index (χ1n) is 7.54. The number of nitrogens with zero attached hydrogens (tertiary/aromatic N) is 1. The number of carbonyl (C=O) groups excluding carboxylic acids is 1. The van der Waals surface area contributed by atoms with Gasteiger partial charge in [0.05, 0.1) is 0 Å². The van der Waals surface area contributed by atoms with Gasteiger partial charge in [-0.05, 0) is 30.4 Å². The third-order valence-electron chi connectivity index (χ3n) is 3.33. The monoisotopic (exact) mass is 301 g/mol. The normalized spacial score (nSPS) is 10.9. The van der Waals surface area contributed by atoms with Crippen LogP contribution < -0.4 is 10.6 Å². The van der Waals surface area contributed by atoms with Crippen molar-refractivity contribution in [3.8, 4) is 6.07 Å². The van der Waals surface area contributed by atoms with Crippen molar-refractivity contribution in [2.45, 2.75) is 33.1 Å². The molecule has 1 aromatic carbocycles. The Balaban J connectivity index is 2.89. The molecule has 5 nitrogen and oxygen atoms in total. The number of rotatable bonds is 8. The third kappa shape index (κ3) is 4.90. The SMILES string of the molecule is CCc1cccc(CC)c1NC(=O)/C(C#N)=C\NCCCO. The van der Waals surface area contributed by atoms with Crippen LogP contribution in [0.1, 0.15) is 31.4 Å². The maximum atomic E-state index is 12.3. The summed E-state index contributed by atoms with van der Waals surface area (Å²) in [7, 11) is 0. The van der Waals surface area contributed by atoms with Crippen LogP contribution in [0, 0.1) is 11.3 Å². The van der Waals surface area contributed by atoms with Crippen LogP contribution in [0.15, 0.2) is 30.0 Å². The van der Waals surface area contributed by atoms with Crippen LogP contribution in [-0.2, 0) is 17.6 Å². The molecule has 0 radical (unpaired) electrons. The predicted molar refractivity (Wildman–Crippen MR) is 87.2 cm³/mol. The first kappa shape index (κ1) is 17.7. The van der Waals surface area contributed by atoms with Crippen LogP contribution in [0.4, 0.5) is 5.69 Å². The predicted octanol–water partition coefficient (Wildman–Crippen LogP) is 2.13. The summed E-state index contributed by atoms with van der Waals surface area (Å²) >= 11 is 0. The molecule has 1 amide bonds. The number of hydrogen-bond acceptors (Lipinski definition) is 4. The molecule has 22 heavy (non-hydrogen) atoms. The Morgan fingerprint density at radius 3 is 2.45 bits per heavy atom. The molecule has 0 aromatic heterocycles. The average molecular weight is 301 g/mol. The lowest BCUT2D eigenvalue weighted by molar-refractivity contribution is -0.112. The first-order chi connectivity index (χ1) is 10.7. The van der Waals surface area contributed by atoms with Crippen LogP contribution in [0.2, 0.25) is 0 Å². The quantitative estimate of drug-likeness (QED) is 0.390. The molecular formula is C17H23N3O2. The number of aryl methyl sites for hydroxylation is 2. The molecule has 0 aliphatic carbocycles. The molecule has 0 saturated carbocycles. The van der Waals surface area contributed by atoms with Gasteiger partial charge in [0.2, 0.25) is 0 Å². The van der Waals surface area contributed by atoms with E-state index in [1.807, 2.05) is 38.1 Å². The number of amides is 1. The lowest BCUT2D eigenvalue weighted by Crippen LogP contribution is -2.19. The topological polar surface area (TPSA) is 85.2 Å². The minimum Gasteiger partial charge on any atom is -0.396 e. The number of aliphatic hydroxyl groups is 1. The highest BCUT2D eigenvalue weighted by atomic mass is 16.3. The van der Waals surface area contributed by atoms with Gasteiger partial charge in [0.15, 0.2) is 0 Å². The summed E-state index contributed by atoms with van der Waals surface area (Å²) in [6, 6.07) is 7.83. The summed E-state index contributed by atoms with van der Waals surface area (Å²) < 4.78 is 0. The van der Waals surface area contributed by atoms with Gasteiger partial charge in [-0.25, -0.2) is 0 Å². The zero-order chi connectivity index (χ0) is 16.4. The van der Waals surface area contributed by atoms with Crippen LogP contribution >= 0.6 is 0 Å². The van der Waals surface area contributed by atoms with E-state index in [9.17, 15) is 4.79 Å². The molecule has 1 aromatic rings. The Kier molecular flexibility index (Phi) is 7.73. The van der Waals surface area contributed by atoms with Gasteiger partial charge < -0.3 is 15.7 Å². The molecular weight excluding hydrogens is 278 g/mol. The van der Waals surface area contributed by atoms with Gasteiger partial charge >= 0.3 is 0 Å². The summed E-state index contributed by atoms with van der Waals surface area (Å²) in [5, 5.41) is 23.5. The van der Waals surface area contributed by atoms with Gasteiger partial charge in [-0.3, -0.25) is 4.79 Å². The van der Waals surface area contributed by atoms with E-state index in [0.29, 0.717) is 13.0 Å². The summed E-state index contributed by atoms with van der Waals surface area (Å²) in [4.78, 5) is 12.3. The Hall–Kier alpha value is -2.32. The maximum Gasteiger partial charge on any atom is 0.267 e. The molecule has 118 valence electrons. The van der Waals surface area contributed by atoms with Crippen molar-refractivity contribution in [2.75, 3.05) is 18.5 Å². The summed E-state index contributed by atoms with van der Waals surface area (Å²) in [5.41, 5.74) is 2.93. The van der Waals surface area contributed by atoms with E-state index in [0.717, 1.165) is 29.7 Å². The van der Waals surface area contributed by atoms with E-state index in [1.54, 1.807) is 0 Å². The summed E-state index contributed by atoms with van der Waals surface area (Å²) in [6.45, 7) is 4.64. The molecule has 0 aliphatic heterocycles. The van der Waals surface area contributed by atoms with Crippen LogP contribution in [0.5, 0.6) is 0 Å². The van der Waals surface area contributed by atoms with Gasteiger partial charge in [-0.1, -0.05) is 32.0 Å². The van der Waals surface area contributed by atoms with Gasteiger partial charge in [0.1, 0.15) is 11.6 Å². The Morgan fingerprint density at radius 2 is 1.95 bits per heavy atom. The second-order valence-corrected chi connectivity index (χ2v) is 4.81. The molecule has 0 bridgehead atoms. The molecule has 0 unspecified atom stereocenters. The lowest BCUT2D eigenvalue weighted by atomic mass is 10.0. The summed E-state index contributed by atoms with van der Waals surface area (Å²) in [6.07, 6.45) is 3.58. The molecule has 1 rings (SSSR count). The number of benzene rings is 1. The minimum absolute atomic E-state index is 0.0194. The number of nitrogens with one attached hydrogen (secondary N) is 2. The maximum absolute atomic E-state index is 12.3. The fourth-order valence-corrected chi connectivity index (χ4v) is 2.09. The van der Waals surface area contributed by atoms with Gasteiger partial charge in [0.25, 0.3) is 5.91 Å². The van der Waals surface area contributed by atoms with Gasteiger partial charge in [-0.2, -0.15) is 5.26 Å². The number of para-hydroxylation sites is 1. The number of nitriles is 1. The van der Waals surface area contributed by atoms with Gasteiger partial charge in [-0.15, -0.1) is 0 Å². The molecule has 0 spiro atoms. The fourth-order valence-electron chi connectivity index (χ4n) is 2.09. The van der Waals surface area contributed by atoms with Crippen molar-refractivity contribution >= 4 is 11.6 Å². The minimum atomic E-state index is -0.422. The summed E-state index contributed by atoms with van der Waals surface area (Å²) in [5.74, 6) is -0.422. The second-order valence-electron chi connectivity index (χ2n) is 4.81. The molecule has 0 fully saturated rings. The Labute approximate surface area is 131 Å². The molecule has 0 saturated heterocycles. The van der Waals surface area contributed by atoms with Crippen molar-refractivity contribution in [3.63, 3.8) is 0 Å². The molecule has 3 N–H and O–H groups in total. The fraction of sp³-hybridized carbons (Fsp3) is 0.412. The van der Waals surface area contributed by atoms with E-state index in [1.165, 1.54) is 6.20 Å². The Bertz CT molecular complexity index is 552. The van der Waals surface area contributed by atoms with Crippen molar-refractivity contribution in [2.24, 2.45) is 0 Å². The van der Waals surface area contributed by atoms with E-state index in [4.69, 9.17) is 10.4 Å². The van der Waals surface area contributed by atoms with E-state index < -0.39 is 5.91 Å². The lowest BCUT2D eigenvalue weighted by Gasteiger charge is -2.14. The molecule has 0 atom stereocenters. The van der Waals surface area contributed by atoms with Crippen molar-refractivity contribution in [1.82, 2.24) is 5.32 Å². The van der Waals surface area contributed by atoms with E-state index >= 15 is 0 Å². The highest BCUT2D eigenvalue weighted by molar-refractivity contribution is 6.07. The van der Waals surface area contributed by atoms with E-state index in [2.05, 4.69) is 10.6 Å². The number of carbonyl (C=O) groups is 1. The molecule has 0 aliphatic rings. The smallest absolute Gasteiger partial charge is 0.267 e. The average Bonchev–Trinajstić information content (AvgIpc) is 2.55. The zero-order valence-electron chi connectivity index (χ0n) is 13.1. The van der Waals surface area contributed by atoms with Crippen LogP contribution in [-0.4, -0.2) is 24.2 Å². The van der Waals surface area contributed by atoms with Crippen LogP contribution in [0.25, 0.3) is 0 Å².